The van der Waals surface area contributed by atoms with Gasteiger partial charge in [0.05, 0.1) is 5.56 Å². The molecule has 110 valence electrons. The number of hydrogen-bond donors (Lipinski definition) is 2. The predicted molar refractivity (Wildman–Crippen MR) is 76.0 cm³/mol. The van der Waals surface area contributed by atoms with Crippen LogP contribution in [0.4, 0.5) is 4.39 Å². The molecule has 0 aliphatic carbocycles. The summed E-state index contributed by atoms with van der Waals surface area (Å²) < 4.78 is 13.6. The van der Waals surface area contributed by atoms with Gasteiger partial charge in [0, 0.05) is 19.0 Å². The topological polar surface area (TPSA) is 58.2 Å². The number of hydrogen-bond acceptors (Lipinski definition) is 2. The van der Waals surface area contributed by atoms with E-state index in [1.54, 1.807) is 13.0 Å². The van der Waals surface area contributed by atoms with E-state index in [-0.39, 0.29) is 30.5 Å². The van der Waals surface area contributed by atoms with Crippen LogP contribution in [0.25, 0.3) is 0 Å². The van der Waals surface area contributed by atoms with Crippen molar-refractivity contribution < 1.29 is 14.0 Å². The van der Waals surface area contributed by atoms with Crippen LogP contribution in [0.1, 0.15) is 42.6 Å². The second-order valence-corrected chi connectivity index (χ2v) is 4.87. The number of nitrogens with one attached hydrogen (secondary N) is 2. The summed E-state index contributed by atoms with van der Waals surface area (Å²) in [6.07, 6.45) is 1.04. The number of aryl methyl sites for hydroxylation is 1. The lowest BCUT2D eigenvalue weighted by Gasteiger charge is -2.11. The molecule has 1 unspecified atom stereocenters. The molecule has 0 fully saturated rings. The van der Waals surface area contributed by atoms with Gasteiger partial charge in [-0.15, -0.1) is 0 Å². The van der Waals surface area contributed by atoms with E-state index in [4.69, 9.17) is 0 Å². The maximum absolute atomic E-state index is 13.6. The minimum Gasteiger partial charge on any atom is -0.354 e. The summed E-state index contributed by atoms with van der Waals surface area (Å²) in [7, 11) is 0. The molecule has 1 rings (SSSR count). The molecule has 0 saturated carbocycles. The molecule has 1 aromatic carbocycles. The maximum atomic E-state index is 13.6. The highest BCUT2D eigenvalue weighted by molar-refractivity contribution is 5.94. The Labute approximate surface area is 118 Å². The fourth-order valence-corrected chi connectivity index (χ4v) is 1.64. The Kier molecular flexibility index (Phi) is 6.15. The molecule has 0 heterocycles. The first kappa shape index (κ1) is 16.1. The Balaban J connectivity index is 2.42. The summed E-state index contributed by atoms with van der Waals surface area (Å²) >= 11 is 0. The molecular weight excluding hydrogens is 259 g/mol. The monoisotopic (exact) mass is 280 g/mol. The van der Waals surface area contributed by atoms with Crippen LogP contribution in [-0.4, -0.2) is 24.4 Å². The van der Waals surface area contributed by atoms with Crippen LogP contribution in [0.2, 0.25) is 0 Å². The molecule has 2 N–H and O–H groups in total. The third-order valence-corrected chi connectivity index (χ3v) is 3.03. The number of rotatable bonds is 6. The van der Waals surface area contributed by atoms with Crippen molar-refractivity contribution in [3.05, 3.63) is 35.1 Å². The number of carbonyl (C=O) groups is 2. The quantitative estimate of drug-likeness (QED) is 0.839. The number of carbonyl (C=O) groups excluding carboxylic acids is 2. The van der Waals surface area contributed by atoms with E-state index in [2.05, 4.69) is 10.6 Å². The van der Waals surface area contributed by atoms with Crippen molar-refractivity contribution in [2.45, 2.75) is 39.7 Å². The average molecular weight is 280 g/mol. The molecule has 4 nitrogen and oxygen atoms in total. The molecule has 5 heteroatoms. The minimum absolute atomic E-state index is 0.00191. The van der Waals surface area contributed by atoms with Gasteiger partial charge in [-0.2, -0.15) is 0 Å². The maximum Gasteiger partial charge on any atom is 0.254 e. The second-order valence-electron chi connectivity index (χ2n) is 4.87. The molecule has 2 amide bonds. The summed E-state index contributed by atoms with van der Waals surface area (Å²) in [5, 5.41) is 5.34. The highest BCUT2D eigenvalue weighted by Crippen LogP contribution is 2.09. The van der Waals surface area contributed by atoms with Crippen LogP contribution >= 0.6 is 0 Å². The normalized spacial score (nSPS) is 11.8. The molecule has 1 atom stereocenters. The standard InChI is InChI=1S/C15H21FN2O2/c1-4-11(3)18-14(19)7-8-17-15(20)12-6-5-10(2)9-13(12)16/h5-6,9,11H,4,7-8H2,1-3H3,(H,17,20)(H,18,19). The molecule has 0 aliphatic rings. The number of halogens is 1. The summed E-state index contributed by atoms with van der Waals surface area (Å²) in [6.45, 7) is 5.84. The fourth-order valence-electron chi connectivity index (χ4n) is 1.64. The van der Waals surface area contributed by atoms with Crippen molar-refractivity contribution in [3.8, 4) is 0 Å². The van der Waals surface area contributed by atoms with Gasteiger partial charge in [-0.05, 0) is 38.0 Å². The van der Waals surface area contributed by atoms with Gasteiger partial charge in [-0.3, -0.25) is 9.59 Å². The lowest BCUT2D eigenvalue weighted by Crippen LogP contribution is -2.35. The summed E-state index contributed by atoms with van der Waals surface area (Å²) in [5.74, 6) is -1.17. The SMILES string of the molecule is CCC(C)NC(=O)CCNC(=O)c1ccc(C)cc1F. The van der Waals surface area contributed by atoms with Crippen LogP contribution in [0.5, 0.6) is 0 Å². The van der Waals surface area contributed by atoms with E-state index in [1.165, 1.54) is 12.1 Å². The van der Waals surface area contributed by atoms with Crippen LogP contribution in [-0.2, 0) is 4.79 Å². The van der Waals surface area contributed by atoms with Gasteiger partial charge in [0.15, 0.2) is 0 Å². The van der Waals surface area contributed by atoms with E-state index in [1.807, 2.05) is 13.8 Å². The van der Waals surface area contributed by atoms with E-state index >= 15 is 0 Å². The van der Waals surface area contributed by atoms with Gasteiger partial charge in [-0.25, -0.2) is 4.39 Å². The molecule has 0 aromatic heterocycles. The van der Waals surface area contributed by atoms with Crippen molar-refractivity contribution in [1.82, 2.24) is 10.6 Å². The van der Waals surface area contributed by atoms with E-state index in [0.29, 0.717) is 0 Å². The highest BCUT2D eigenvalue weighted by atomic mass is 19.1. The van der Waals surface area contributed by atoms with Gasteiger partial charge in [0.2, 0.25) is 5.91 Å². The first-order chi connectivity index (χ1) is 9.43. The Morgan fingerprint density at radius 3 is 2.65 bits per heavy atom. The van der Waals surface area contributed by atoms with Crippen LogP contribution < -0.4 is 10.6 Å². The Hall–Kier alpha value is -1.91. The summed E-state index contributed by atoms with van der Waals surface area (Å²) in [4.78, 5) is 23.3. The molecule has 0 radical (unpaired) electrons. The molecule has 0 bridgehead atoms. The molecule has 20 heavy (non-hydrogen) atoms. The zero-order valence-corrected chi connectivity index (χ0v) is 12.1. The van der Waals surface area contributed by atoms with E-state index in [9.17, 15) is 14.0 Å². The predicted octanol–water partition coefficient (Wildman–Crippen LogP) is 2.17. The van der Waals surface area contributed by atoms with E-state index in [0.717, 1.165) is 12.0 Å². The first-order valence-corrected chi connectivity index (χ1v) is 6.77. The molecule has 1 aromatic rings. The highest BCUT2D eigenvalue weighted by Gasteiger charge is 2.12. The number of benzene rings is 1. The van der Waals surface area contributed by atoms with Gasteiger partial charge in [-0.1, -0.05) is 13.0 Å². The second kappa shape index (κ2) is 7.62. The smallest absolute Gasteiger partial charge is 0.254 e. The fraction of sp³-hybridized carbons (Fsp3) is 0.467. The van der Waals surface area contributed by atoms with Gasteiger partial charge < -0.3 is 10.6 Å². The Bertz CT molecular complexity index is 489. The van der Waals surface area contributed by atoms with E-state index < -0.39 is 11.7 Å². The largest absolute Gasteiger partial charge is 0.354 e. The number of amides is 2. The molecular formula is C15H21FN2O2. The average Bonchev–Trinajstić information content (AvgIpc) is 2.38. The van der Waals surface area contributed by atoms with Crippen molar-refractivity contribution in [2.75, 3.05) is 6.54 Å². The zero-order valence-electron chi connectivity index (χ0n) is 12.1. The Morgan fingerprint density at radius 1 is 1.35 bits per heavy atom. The minimum atomic E-state index is -0.549. The third-order valence-electron chi connectivity index (χ3n) is 3.03. The lowest BCUT2D eigenvalue weighted by atomic mass is 10.1. The molecule has 0 aliphatic heterocycles. The van der Waals surface area contributed by atoms with Gasteiger partial charge in [0.1, 0.15) is 5.82 Å². The Morgan fingerprint density at radius 2 is 2.05 bits per heavy atom. The van der Waals surface area contributed by atoms with Crippen LogP contribution in [0.15, 0.2) is 18.2 Å². The van der Waals surface area contributed by atoms with Crippen molar-refractivity contribution >= 4 is 11.8 Å². The van der Waals surface area contributed by atoms with Crippen LogP contribution in [0.3, 0.4) is 0 Å². The summed E-state index contributed by atoms with van der Waals surface area (Å²) in [6, 6.07) is 4.55. The van der Waals surface area contributed by atoms with Gasteiger partial charge >= 0.3 is 0 Å². The third kappa shape index (κ3) is 4.99. The van der Waals surface area contributed by atoms with Crippen molar-refractivity contribution in [2.24, 2.45) is 0 Å². The first-order valence-electron chi connectivity index (χ1n) is 6.77. The zero-order chi connectivity index (χ0) is 15.1. The van der Waals surface area contributed by atoms with Gasteiger partial charge in [0.25, 0.3) is 5.91 Å². The van der Waals surface area contributed by atoms with Crippen LogP contribution in [0, 0.1) is 12.7 Å². The molecule has 0 spiro atoms. The summed E-state index contributed by atoms with van der Waals surface area (Å²) in [5.41, 5.74) is 0.755. The van der Waals surface area contributed by atoms with Crippen molar-refractivity contribution in [1.29, 1.82) is 0 Å². The van der Waals surface area contributed by atoms with Crippen molar-refractivity contribution in [3.63, 3.8) is 0 Å². The lowest BCUT2D eigenvalue weighted by molar-refractivity contribution is -0.121. The molecule has 0 saturated heterocycles.